The van der Waals surface area contributed by atoms with E-state index in [-0.39, 0.29) is 5.91 Å². The summed E-state index contributed by atoms with van der Waals surface area (Å²) >= 11 is 12.1. The zero-order valence-electron chi connectivity index (χ0n) is 12.6. The van der Waals surface area contributed by atoms with Gasteiger partial charge in [-0.05, 0) is 30.7 Å². The molecular formula is C16H17Cl2N3O2. The molecule has 2 aromatic rings. The van der Waals surface area contributed by atoms with Gasteiger partial charge in [-0.1, -0.05) is 29.3 Å². The summed E-state index contributed by atoms with van der Waals surface area (Å²) in [5.41, 5.74) is 0.811. The topological polar surface area (TPSA) is 63.2 Å². The van der Waals surface area contributed by atoms with Crippen molar-refractivity contribution in [2.24, 2.45) is 0 Å². The minimum atomic E-state index is -0.321. The first-order chi connectivity index (χ1) is 11.1. The zero-order chi connectivity index (χ0) is 16.7. The number of pyridine rings is 1. The van der Waals surface area contributed by atoms with Gasteiger partial charge in [-0.3, -0.25) is 4.79 Å². The molecular weight excluding hydrogens is 337 g/mol. The van der Waals surface area contributed by atoms with E-state index < -0.39 is 0 Å². The molecule has 0 unspecified atom stereocenters. The molecule has 23 heavy (non-hydrogen) atoms. The van der Waals surface area contributed by atoms with Crippen LogP contribution in [0.4, 0.5) is 11.5 Å². The van der Waals surface area contributed by atoms with E-state index in [0.29, 0.717) is 33.7 Å². The number of rotatable bonds is 7. The van der Waals surface area contributed by atoms with E-state index in [4.69, 9.17) is 27.9 Å². The number of para-hydroxylation sites is 1. The molecule has 1 aromatic heterocycles. The van der Waals surface area contributed by atoms with E-state index in [1.54, 1.807) is 37.4 Å². The second-order valence-electron chi connectivity index (χ2n) is 4.76. The number of benzene rings is 1. The predicted octanol–water partition coefficient (Wildman–Crippen LogP) is 4.09. The summed E-state index contributed by atoms with van der Waals surface area (Å²) in [7, 11) is 1.66. The van der Waals surface area contributed by atoms with Crippen LogP contribution in [0, 0.1) is 0 Å². The Hall–Kier alpha value is -1.82. The highest BCUT2D eigenvalue weighted by Crippen LogP contribution is 2.30. The van der Waals surface area contributed by atoms with Crippen LogP contribution < -0.4 is 10.6 Å². The van der Waals surface area contributed by atoms with Crippen LogP contribution in [0.2, 0.25) is 10.0 Å². The summed E-state index contributed by atoms with van der Waals surface area (Å²) in [5.74, 6) is 0.381. The van der Waals surface area contributed by atoms with Crippen LogP contribution >= 0.6 is 23.2 Å². The monoisotopic (exact) mass is 353 g/mol. The maximum atomic E-state index is 12.2. The molecule has 1 amide bonds. The maximum absolute atomic E-state index is 12.2. The van der Waals surface area contributed by atoms with Crippen molar-refractivity contribution >= 4 is 40.6 Å². The van der Waals surface area contributed by atoms with Gasteiger partial charge in [0.2, 0.25) is 0 Å². The Balaban J connectivity index is 1.97. The van der Waals surface area contributed by atoms with E-state index in [2.05, 4.69) is 15.6 Å². The third kappa shape index (κ3) is 5.10. The number of nitrogens with one attached hydrogen (secondary N) is 2. The SMILES string of the molecule is COCCCNc1ccc(C(=O)Nc2c(Cl)cccc2Cl)cn1. The first-order valence-electron chi connectivity index (χ1n) is 7.06. The lowest BCUT2D eigenvalue weighted by molar-refractivity contribution is 0.102. The van der Waals surface area contributed by atoms with E-state index in [9.17, 15) is 4.79 Å². The van der Waals surface area contributed by atoms with Crippen molar-refractivity contribution in [3.63, 3.8) is 0 Å². The first kappa shape index (κ1) is 17.5. The molecule has 0 fully saturated rings. The number of carbonyl (C=O) groups is 1. The van der Waals surface area contributed by atoms with Gasteiger partial charge in [0.1, 0.15) is 5.82 Å². The average molecular weight is 354 g/mol. The standard InChI is InChI=1S/C16H17Cl2N3O2/c1-23-9-3-8-19-14-7-6-11(10-20-14)16(22)21-15-12(17)4-2-5-13(15)18/h2,4-7,10H,3,8-9H2,1H3,(H,19,20)(H,21,22). The van der Waals surface area contributed by atoms with E-state index >= 15 is 0 Å². The molecule has 1 heterocycles. The molecule has 0 aliphatic heterocycles. The molecule has 0 saturated heterocycles. The predicted molar refractivity (Wildman–Crippen MR) is 93.6 cm³/mol. The van der Waals surface area contributed by atoms with Crippen molar-refractivity contribution in [2.45, 2.75) is 6.42 Å². The van der Waals surface area contributed by atoms with E-state index in [0.717, 1.165) is 13.0 Å². The molecule has 0 bridgehead atoms. The fraction of sp³-hybridized carbons (Fsp3) is 0.250. The summed E-state index contributed by atoms with van der Waals surface area (Å²) < 4.78 is 4.97. The van der Waals surface area contributed by atoms with Crippen molar-refractivity contribution in [1.82, 2.24) is 4.98 Å². The lowest BCUT2D eigenvalue weighted by atomic mass is 10.2. The minimum Gasteiger partial charge on any atom is -0.385 e. The minimum absolute atomic E-state index is 0.321. The van der Waals surface area contributed by atoms with Gasteiger partial charge >= 0.3 is 0 Å². The summed E-state index contributed by atoms with van der Waals surface area (Å²) in [6, 6.07) is 8.47. The lowest BCUT2D eigenvalue weighted by Crippen LogP contribution is -2.13. The molecule has 122 valence electrons. The van der Waals surface area contributed by atoms with Gasteiger partial charge in [0.05, 0.1) is 21.3 Å². The van der Waals surface area contributed by atoms with Crippen molar-refractivity contribution in [2.75, 3.05) is 30.9 Å². The van der Waals surface area contributed by atoms with Gasteiger partial charge in [-0.2, -0.15) is 0 Å². The van der Waals surface area contributed by atoms with E-state index in [1.807, 2.05) is 0 Å². The zero-order valence-corrected chi connectivity index (χ0v) is 14.1. The summed E-state index contributed by atoms with van der Waals surface area (Å²) in [6.45, 7) is 1.44. The van der Waals surface area contributed by atoms with Crippen LogP contribution in [-0.2, 0) is 4.74 Å². The molecule has 7 heteroatoms. The number of anilines is 2. The second kappa shape index (κ2) is 8.72. The molecule has 0 aliphatic carbocycles. The first-order valence-corrected chi connectivity index (χ1v) is 7.81. The van der Waals surface area contributed by atoms with Crippen molar-refractivity contribution < 1.29 is 9.53 Å². The van der Waals surface area contributed by atoms with Gasteiger partial charge in [-0.15, -0.1) is 0 Å². The number of hydrogen-bond acceptors (Lipinski definition) is 4. The number of carbonyl (C=O) groups excluding carboxylic acids is 1. The Labute approximate surface area is 145 Å². The highest BCUT2D eigenvalue weighted by Gasteiger charge is 2.11. The van der Waals surface area contributed by atoms with Crippen LogP contribution in [0.5, 0.6) is 0 Å². The summed E-state index contributed by atoms with van der Waals surface area (Å²) in [6.07, 6.45) is 2.38. The summed E-state index contributed by atoms with van der Waals surface area (Å²) in [5, 5.41) is 6.61. The smallest absolute Gasteiger partial charge is 0.257 e. The maximum Gasteiger partial charge on any atom is 0.257 e. The van der Waals surface area contributed by atoms with Gasteiger partial charge in [0, 0.05) is 26.5 Å². The molecule has 5 nitrogen and oxygen atoms in total. The van der Waals surface area contributed by atoms with Crippen molar-refractivity contribution in [3.05, 3.63) is 52.1 Å². The largest absolute Gasteiger partial charge is 0.385 e. The van der Waals surface area contributed by atoms with Crippen molar-refractivity contribution in [1.29, 1.82) is 0 Å². The molecule has 0 aliphatic rings. The third-order valence-corrected chi connectivity index (χ3v) is 3.69. The van der Waals surface area contributed by atoms with Gasteiger partial charge in [-0.25, -0.2) is 4.98 Å². The highest BCUT2D eigenvalue weighted by atomic mass is 35.5. The van der Waals surface area contributed by atoms with Crippen LogP contribution in [0.25, 0.3) is 0 Å². The number of ether oxygens (including phenoxy) is 1. The number of nitrogens with zero attached hydrogens (tertiary/aromatic N) is 1. The fourth-order valence-corrected chi connectivity index (χ4v) is 2.36. The normalized spacial score (nSPS) is 10.4. The highest BCUT2D eigenvalue weighted by molar-refractivity contribution is 6.40. The lowest BCUT2D eigenvalue weighted by Gasteiger charge is -2.09. The Bertz CT molecular complexity index is 643. The van der Waals surface area contributed by atoms with Crippen LogP contribution in [-0.4, -0.2) is 31.2 Å². The number of aromatic nitrogens is 1. The Morgan fingerprint density at radius 2 is 1.96 bits per heavy atom. The van der Waals surface area contributed by atoms with Gasteiger partial charge < -0.3 is 15.4 Å². The summed E-state index contributed by atoms with van der Waals surface area (Å²) in [4.78, 5) is 16.4. The number of halogens is 2. The van der Waals surface area contributed by atoms with Crippen molar-refractivity contribution in [3.8, 4) is 0 Å². The fourth-order valence-electron chi connectivity index (χ4n) is 1.87. The Morgan fingerprint density at radius 1 is 1.22 bits per heavy atom. The molecule has 2 rings (SSSR count). The Kier molecular flexibility index (Phi) is 6.65. The molecule has 0 atom stereocenters. The van der Waals surface area contributed by atoms with Crippen LogP contribution in [0.3, 0.4) is 0 Å². The molecule has 2 N–H and O–H groups in total. The number of hydrogen-bond donors (Lipinski definition) is 2. The number of methoxy groups -OCH3 is 1. The quantitative estimate of drug-likeness (QED) is 0.735. The molecule has 0 saturated carbocycles. The Morgan fingerprint density at radius 3 is 2.57 bits per heavy atom. The molecule has 0 spiro atoms. The van der Waals surface area contributed by atoms with Gasteiger partial charge in [0.15, 0.2) is 0 Å². The average Bonchev–Trinajstić information content (AvgIpc) is 2.55. The molecule has 0 radical (unpaired) electrons. The van der Waals surface area contributed by atoms with E-state index in [1.165, 1.54) is 6.20 Å². The van der Waals surface area contributed by atoms with Gasteiger partial charge in [0.25, 0.3) is 5.91 Å². The molecule has 1 aromatic carbocycles. The second-order valence-corrected chi connectivity index (χ2v) is 5.57. The van der Waals surface area contributed by atoms with Crippen LogP contribution in [0.1, 0.15) is 16.8 Å². The number of amides is 1. The van der Waals surface area contributed by atoms with Crippen LogP contribution in [0.15, 0.2) is 36.5 Å². The third-order valence-electron chi connectivity index (χ3n) is 3.06.